The molecule has 0 amide bonds. The largest absolute Gasteiger partial charge is 0.369 e. The van der Waals surface area contributed by atoms with Crippen LogP contribution in [0.1, 0.15) is 12.8 Å². The summed E-state index contributed by atoms with van der Waals surface area (Å²) in [4.78, 5) is 7.69. The molecule has 0 aromatic carbocycles. The number of hydrogen-bond donors (Lipinski definition) is 1. The van der Waals surface area contributed by atoms with Crippen LogP contribution < -0.4 is 5.32 Å². The highest BCUT2D eigenvalue weighted by Gasteiger charge is 2.27. The lowest BCUT2D eigenvalue weighted by molar-refractivity contribution is 0.440. The van der Waals surface area contributed by atoms with Crippen LogP contribution in [0, 0.1) is 0 Å². The Kier molecular flexibility index (Phi) is 4.83. The molecule has 0 bridgehead atoms. The lowest BCUT2D eigenvalue weighted by atomic mass is 10.4. The molecule has 6 nitrogen and oxygen atoms in total. The standard InChI is InChI=1S/C10H14Cl2N4O2S/c11-8-7-14-10(12)15-9(8)13-3-1-4-16-5-2-6-19(16,17)18/h7H,1-6H2,(H,13,14,15). The zero-order chi connectivity index (χ0) is 13.9. The molecule has 0 spiro atoms. The van der Waals surface area contributed by atoms with Crippen LogP contribution in [0.2, 0.25) is 10.3 Å². The molecule has 9 heteroatoms. The van der Waals surface area contributed by atoms with Gasteiger partial charge in [0.15, 0.2) is 0 Å². The van der Waals surface area contributed by atoms with Crippen LogP contribution in [0.25, 0.3) is 0 Å². The van der Waals surface area contributed by atoms with Gasteiger partial charge in [0, 0.05) is 19.6 Å². The fraction of sp³-hybridized carbons (Fsp3) is 0.600. The Morgan fingerprint density at radius 3 is 2.89 bits per heavy atom. The normalized spacial score (nSPS) is 18.6. The molecule has 1 aromatic rings. The van der Waals surface area contributed by atoms with Crippen molar-refractivity contribution in [3.8, 4) is 0 Å². The molecule has 0 unspecified atom stereocenters. The third-order valence-corrected chi connectivity index (χ3v) is 5.21. The second kappa shape index (κ2) is 6.21. The van der Waals surface area contributed by atoms with Crippen molar-refractivity contribution in [1.82, 2.24) is 14.3 Å². The van der Waals surface area contributed by atoms with Crippen molar-refractivity contribution < 1.29 is 8.42 Å². The van der Waals surface area contributed by atoms with Gasteiger partial charge >= 0.3 is 0 Å². The van der Waals surface area contributed by atoms with Gasteiger partial charge in [-0.15, -0.1) is 0 Å². The van der Waals surface area contributed by atoms with Crippen LogP contribution in [0.5, 0.6) is 0 Å². The minimum Gasteiger partial charge on any atom is -0.369 e. The average Bonchev–Trinajstić information content (AvgIpc) is 2.68. The second-order valence-corrected chi connectivity index (χ2v) is 7.02. The molecule has 0 saturated carbocycles. The molecule has 2 rings (SSSR count). The maximum Gasteiger partial charge on any atom is 0.224 e. The smallest absolute Gasteiger partial charge is 0.224 e. The number of anilines is 1. The summed E-state index contributed by atoms with van der Waals surface area (Å²) in [6.07, 6.45) is 2.81. The first kappa shape index (κ1) is 14.8. The SMILES string of the molecule is O=S1(=O)CCCN1CCCNc1nc(Cl)ncc1Cl. The van der Waals surface area contributed by atoms with E-state index in [0.29, 0.717) is 43.3 Å². The van der Waals surface area contributed by atoms with Crippen LogP contribution >= 0.6 is 23.2 Å². The van der Waals surface area contributed by atoms with Crippen molar-refractivity contribution in [3.63, 3.8) is 0 Å². The van der Waals surface area contributed by atoms with Gasteiger partial charge in [-0.3, -0.25) is 0 Å². The van der Waals surface area contributed by atoms with Crippen molar-refractivity contribution in [2.24, 2.45) is 0 Å². The summed E-state index contributed by atoms with van der Waals surface area (Å²) in [6.45, 7) is 1.69. The summed E-state index contributed by atoms with van der Waals surface area (Å²) in [5.74, 6) is 0.722. The highest BCUT2D eigenvalue weighted by atomic mass is 35.5. The lowest BCUT2D eigenvalue weighted by Gasteiger charge is -2.14. The topological polar surface area (TPSA) is 75.2 Å². The van der Waals surface area contributed by atoms with Crippen LogP contribution in [0.4, 0.5) is 5.82 Å². The van der Waals surface area contributed by atoms with E-state index in [1.54, 1.807) is 0 Å². The van der Waals surface area contributed by atoms with Gasteiger partial charge in [-0.2, -0.15) is 4.98 Å². The van der Waals surface area contributed by atoms with E-state index in [2.05, 4.69) is 15.3 Å². The molecule has 19 heavy (non-hydrogen) atoms. The van der Waals surface area contributed by atoms with Crippen molar-refractivity contribution in [2.75, 3.05) is 30.7 Å². The number of hydrogen-bond acceptors (Lipinski definition) is 5. The fourth-order valence-corrected chi connectivity index (χ4v) is 3.73. The summed E-state index contributed by atoms with van der Waals surface area (Å²) in [5.41, 5.74) is 0. The number of halogens is 2. The van der Waals surface area contributed by atoms with E-state index in [1.165, 1.54) is 10.5 Å². The molecule has 1 aliphatic rings. The summed E-state index contributed by atoms with van der Waals surface area (Å²) < 4.78 is 24.7. The van der Waals surface area contributed by atoms with E-state index < -0.39 is 10.0 Å². The Bertz CT molecular complexity index is 552. The molecule has 0 radical (unpaired) electrons. The first-order chi connectivity index (χ1) is 8.99. The van der Waals surface area contributed by atoms with Crippen molar-refractivity contribution in [1.29, 1.82) is 0 Å². The maximum atomic E-state index is 11.6. The van der Waals surface area contributed by atoms with Gasteiger partial charge in [0.25, 0.3) is 0 Å². The molecule has 1 N–H and O–H groups in total. The molecule has 1 saturated heterocycles. The van der Waals surface area contributed by atoms with E-state index in [9.17, 15) is 8.42 Å². The fourth-order valence-electron chi connectivity index (χ4n) is 1.87. The Hall–Kier alpha value is -0.630. The molecule has 1 aromatic heterocycles. The number of nitrogens with one attached hydrogen (secondary N) is 1. The Labute approximate surface area is 122 Å². The van der Waals surface area contributed by atoms with Gasteiger partial charge in [0.2, 0.25) is 15.3 Å². The van der Waals surface area contributed by atoms with Crippen LogP contribution in [-0.2, 0) is 10.0 Å². The summed E-state index contributed by atoms with van der Waals surface area (Å²) in [6, 6.07) is 0. The van der Waals surface area contributed by atoms with E-state index in [1.807, 2.05) is 0 Å². The zero-order valence-corrected chi connectivity index (χ0v) is 12.5. The summed E-state index contributed by atoms with van der Waals surface area (Å²) in [5, 5.41) is 3.52. The number of rotatable bonds is 5. The minimum atomic E-state index is -3.01. The van der Waals surface area contributed by atoms with Crippen LogP contribution in [0.15, 0.2) is 6.20 Å². The lowest BCUT2D eigenvalue weighted by Crippen LogP contribution is -2.28. The van der Waals surface area contributed by atoms with E-state index in [0.717, 1.165) is 0 Å². The number of aromatic nitrogens is 2. The quantitative estimate of drug-likeness (QED) is 0.658. The zero-order valence-electron chi connectivity index (χ0n) is 10.1. The maximum absolute atomic E-state index is 11.6. The summed E-state index contributed by atoms with van der Waals surface area (Å²) in [7, 11) is -3.01. The summed E-state index contributed by atoms with van der Waals surface area (Å²) >= 11 is 11.6. The Balaban J connectivity index is 1.79. The molecular formula is C10H14Cl2N4O2S. The molecule has 106 valence electrons. The van der Waals surface area contributed by atoms with E-state index in [-0.39, 0.29) is 11.0 Å². The number of sulfonamides is 1. The molecule has 2 heterocycles. The third kappa shape index (κ3) is 3.92. The van der Waals surface area contributed by atoms with Gasteiger partial charge in [0.05, 0.1) is 11.9 Å². The predicted molar refractivity (Wildman–Crippen MR) is 75.1 cm³/mol. The second-order valence-electron chi connectivity index (χ2n) is 4.18. The van der Waals surface area contributed by atoms with Crippen LogP contribution in [-0.4, -0.2) is 48.1 Å². The van der Waals surface area contributed by atoms with Crippen LogP contribution in [0.3, 0.4) is 0 Å². The highest BCUT2D eigenvalue weighted by Crippen LogP contribution is 2.19. The monoisotopic (exact) mass is 324 g/mol. The van der Waals surface area contributed by atoms with Gasteiger partial charge < -0.3 is 5.32 Å². The average molecular weight is 325 g/mol. The minimum absolute atomic E-state index is 0.119. The van der Waals surface area contributed by atoms with Gasteiger partial charge in [-0.05, 0) is 24.4 Å². The third-order valence-electron chi connectivity index (χ3n) is 2.79. The first-order valence-electron chi connectivity index (χ1n) is 5.89. The molecule has 0 aliphatic carbocycles. The molecule has 1 fully saturated rings. The van der Waals surface area contributed by atoms with Crippen molar-refractivity contribution >= 4 is 39.0 Å². The molecule has 0 atom stereocenters. The van der Waals surface area contributed by atoms with Gasteiger partial charge in [-0.1, -0.05) is 11.6 Å². The predicted octanol–water partition coefficient (Wildman–Crippen LogP) is 1.62. The highest BCUT2D eigenvalue weighted by molar-refractivity contribution is 7.89. The van der Waals surface area contributed by atoms with E-state index in [4.69, 9.17) is 23.2 Å². The molecular weight excluding hydrogens is 311 g/mol. The number of nitrogens with zero attached hydrogens (tertiary/aromatic N) is 3. The van der Waals surface area contributed by atoms with Crippen molar-refractivity contribution in [2.45, 2.75) is 12.8 Å². The Morgan fingerprint density at radius 2 is 2.21 bits per heavy atom. The van der Waals surface area contributed by atoms with Gasteiger partial charge in [0.1, 0.15) is 10.8 Å². The van der Waals surface area contributed by atoms with Gasteiger partial charge in [-0.25, -0.2) is 17.7 Å². The Morgan fingerprint density at radius 1 is 1.42 bits per heavy atom. The molecule has 1 aliphatic heterocycles. The van der Waals surface area contributed by atoms with Crippen molar-refractivity contribution in [3.05, 3.63) is 16.5 Å². The first-order valence-corrected chi connectivity index (χ1v) is 8.25. The van der Waals surface area contributed by atoms with E-state index >= 15 is 0 Å².